The maximum atomic E-state index is 14.3. The van der Waals surface area contributed by atoms with Crippen LogP contribution >= 0.6 is 0 Å². The lowest BCUT2D eigenvalue weighted by molar-refractivity contribution is -0.137. The molecule has 0 bridgehead atoms. The second kappa shape index (κ2) is 10.6. The van der Waals surface area contributed by atoms with Crippen molar-refractivity contribution in [3.05, 3.63) is 52.3 Å². The zero-order valence-corrected chi connectivity index (χ0v) is 22.9. The summed E-state index contributed by atoms with van der Waals surface area (Å²) in [5.74, 6) is 0.332. The number of rotatable bonds is 10. The second-order valence-electron chi connectivity index (χ2n) is 11.9. The molecule has 2 aliphatic heterocycles. The standard InChI is InChI=1S/C30H37FN4O4/c1-30(2,3)22-13-20(14-24(34-11-10-21(31)16-34)28(22)39-12-4-5-26(37)38)25(36)17-35-15-19-8-9-23(18-6-7-18)33-27(19)29(35)32/h8-9,13-14,18,21,32H,4-7,10-12,15-17H2,1-3H3,(H,37,38). The predicted molar refractivity (Wildman–Crippen MR) is 147 cm³/mol. The maximum Gasteiger partial charge on any atom is 0.303 e. The summed E-state index contributed by atoms with van der Waals surface area (Å²) in [6.07, 6.45) is 2.06. The van der Waals surface area contributed by atoms with Gasteiger partial charge in [0.1, 0.15) is 23.5 Å². The van der Waals surface area contributed by atoms with Crippen LogP contribution in [0.3, 0.4) is 0 Å². The number of nitrogens with zero attached hydrogens (tertiary/aromatic N) is 3. The molecule has 2 fully saturated rings. The summed E-state index contributed by atoms with van der Waals surface area (Å²) in [6.45, 7) is 7.54. The molecule has 1 saturated heterocycles. The van der Waals surface area contributed by atoms with Crippen LogP contribution in [0.2, 0.25) is 0 Å². The number of hydrogen-bond acceptors (Lipinski definition) is 6. The van der Waals surface area contributed by atoms with Crippen molar-refractivity contribution >= 4 is 23.3 Å². The van der Waals surface area contributed by atoms with Gasteiger partial charge in [0.2, 0.25) is 0 Å². The first-order valence-corrected chi connectivity index (χ1v) is 13.8. The van der Waals surface area contributed by atoms with E-state index in [-0.39, 0.29) is 43.2 Å². The van der Waals surface area contributed by atoms with Gasteiger partial charge < -0.3 is 19.6 Å². The number of carboxylic acids is 1. The first-order chi connectivity index (χ1) is 18.5. The number of aromatic nitrogens is 1. The number of benzene rings is 1. The van der Waals surface area contributed by atoms with Gasteiger partial charge in [0.05, 0.1) is 18.8 Å². The molecule has 1 aromatic carbocycles. The number of amidine groups is 1. The number of Topliss-reactive ketones (excluding diaryl/α,β-unsaturated/α-hetero) is 1. The Bertz CT molecular complexity index is 1300. The summed E-state index contributed by atoms with van der Waals surface area (Å²) in [7, 11) is 0. The quantitative estimate of drug-likeness (QED) is 0.322. The van der Waals surface area contributed by atoms with Crippen LogP contribution in [0, 0.1) is 5.41 Å². The lowest BCUT2D eigenvalue weighted by atomic mass is 9.84. The largest absolute Gasteiger partial charge is 0.491 e. The number of anilines is 1. The van der Waals surface area contributed by atoms with E-state index in [0.29, 0.717) is 54.5 Å². The van der Waals surface area contributed by atoms with Crippen molar-refractivity contribution in [2.75, 3.05) is 31.1 Å². The van der Waals surface area contributed by atoms with E-state index in [9.17, 15) is 14.0 Å². The van der Waals surface area contributed by atoms with E-state index in [1.54, 1.807) is 11.0 Å². The van der Waals surface area contributed by atoms with Gasteiger partial charge in [-0.1, -0.05) is 26.8 Å². The average Bonchev–Trinajstić information content (AvgIpc) is 3.57. The minimum absolute atomic E-state index is 0.00574. The predicted octanol–water partition coefficient (Wildman–Crippen LogP) is 5.07. The van der Waals surface area contributed by atoms with Crippen molar-refractivity contribution in [2.45, 2.75) is 76.9 Å². The van der Waals surface area contributed by atoms with Crippen LogP contribution in [0.4, 0.5) is 10.1 Å². The van der Waals surface area contributed by atoms with Crippen LogP contribution in [0.1, 0.15) is 91.7 Å². The number of alkyl halides is 1. The monoisotopic (exact) mass is 536 g/mol. The fraction of sp³-hybridized carbons (Fsp3) is 0.533. The zero-order chi connectivity index (χ0) is 27.9. The van der Waals surface area contributed by atoms with Crippen molar-refractivity contribution in [3.8, 4) is 5.75 Å². The van der Waals surface area contributed by atoms with Crippen molar-refractivity contribution in [1.82, 2.24) is 9.88 Å². The molecule has 8 nitrogen and oxygen atoms in total. The first-order valence-electron chi connectivity index (χ1n) is 13.8. The fourth-order valence-corrected chi connectivity index (χ4v) is 5.33. The molecule has 208 valence electrons. The molecule has 1 atom stereocenters. The average molecular weight is 537 g/mol. The van der Waals surface area contributed by atoms with Gasteiger partial charge in [-0.25, -0.2) is 9.37 Å². The Kier molecular flexibility index (Phi) is 7.35. The number of ether oxygens (including phenoxy) is 1. The number of fused-ring (bicyclic) bond motifs is 1. The highest BCUT2D eigenvalue weighted by Crippen LogP contribution is 2.42. The van der Waals surface area contributed by atoms with Crippen molar-refractivity contribution in [1.29, 1.82) is 5.41 Å². The lowest BCUT2D eigenvalue weighted by Crippen LogP contribution is -2.31. The molecule has 1 aromatic heterocycles. The van der Waals surface area contributed by atoms with Crippen molar-refractivity contribution in [2.24, 2.45) is 0 Å². The van der Waals surface area contributed by atoms with Gasteiger partial charge in [-0.3, -0.25) is 15.0 Å². The fourth-order valence-electron chi connectivity index (χ4n) is 5.33. The van der Waals surface area contributed by atoms with Crippen LogP contribution < -0.4 is 9.64 Å². The number of halogens is 1. The summed E-state index contributed by atoms with van der Waals surface area (Å²) in [5.41, 5.74) is 4.24. The molecule has 1 unspecified atom stereocenters. The van der Waals surface area contributed by atoms with Crippen LogP contribution in [-0.2, 0) is 16.8 Å². The number of carboxylic acid groups (broad SMARTS) is 1. The molecule has 2 aromatic rings. The molecule has 39 heavy (non-hydrogen) atoms. The normalized spacial score (nSPS) is 19.0. The molecular formula is C30H37FN4O4. The van der Waals surface area contributed by atoms with E-state index >= 15 is 0 Å². The lowest BCUT2D eigenvalue weighted by Gasteiger charge is -2.29. The molecule has 0 spiro atoms. The zero-order valence-electron chi connectivity index (χ0n) is 22.9. The van der Waals surface area contributed by atoms with Gasteiger partial charge in [0, 0.05) is 54.4 Å². The number of nitrogens with one attached hydrogen (secondary N) is 1. The minimum Gasteiger partial charge on any atom is -0.491 e. The molecule has 2 N–H and O–H groups in total. The summed E-state index contributed by atoms with van der Waals surface area (Å²) >= 11 is 0. The Morgan fingerprint density at radius 1 is 1.21 bits per heavy atom. The minimum atomic E-state index is -0.959. The molecule has 9 heteroatoms. The van der Waals surface area contributed by atoms with Gasteiger partial charge >= 0.3 is 5.97 Å². The van der Waals surface area contributed by atoms with Crippen LogP contribution in [-0.4, -0.2) is 65.0 Å². The first kappa shape index (κ1) is 27.1. The number of carbonyl (C=O) groups is 2. The third kappa shape index (κ3) is 5.92. The highest BCUT2D eigenvalue weighted by Gasteiger charge is 2.33. The van der Waals surface area contributed by atoms with Crippen molar-refractivity contribution < 1.29 is 23.8 Å². The molecule has 1 aliphatic carbocycles. The van der Waals surface area contributed by atoms with E-state index in [1.165, 1.54) is 0 Å². The Morgan fingerprint density at radius 3 is 2.62 bits per heavy atom. The van der Waals surface area contributed by atoms with Gasteiger partial charge in [-0.05, 0) is 49.3 Å². The summed E-state index contributed by atoms with van der Waals surface area (Å²) in [5, 5.41) is 17.7. The van der Waals surface area contributed by atoms with Gasteiger partial charge in [0.15, 0.2) is 5.78 Å². The number of aliphatic carboxylic acids is 1. The van der Waals surface area contributed by atoms with Crippen LogP contribution in [0.5, 0.6) is 5.75 Å². The molecule has 3 aliphatic rings. The summed E-state index contributed by atoms with van der Waals surface area (Å²) in [4.78, 5) is 33.1. The molecule has 0 radical (unpaired) electrons. The van der Waals surface area contributed by atoms with E-state index in [2.05, 4.69) is 0 Å². The number of pyridine rings is 1. The SMILES string of the molecule is CC(C)(C)c1cc(C(=O)CN2Cc3ccc(C4CC4)nc3C2=N)cc(N2CCC(F)C2)c1OCCCC(=O)O. The third-order valence-corrected chi connectivity index (χ3v) is 7.68. The highest BCUT2D eigenvalue weighted by molar-refractivity contribution is 6.05. The topological polar surface area (TPSA) is 107 Å². The molecule has 5 rings (SSSR count). The number of hydrogen-bond donors (Lipinski definition) is 2. The summed E-state index contributed by atoms with van der Waals surface area (Å²) in [6, 6.07) is 7.69. The third-order valence-electron chi connectivity index (χ3n) is 7.68. The maximum absolute atomic E-state index is 14.3. The second-order valence-corrected chi connectivity index (χ2v) is 11.9. The van der Waals surface area contributed by atoms with E-state index < -0.39 is 12.1 Å². The van der Waals surface area contributed by atoms with E-state index in [1.807, 2.05) is 43.9 Å². The van der Waals surface area contributed by atoms with E-state index in [0.717, 1.165) is 29.7 Å². The number of ketones is 1. The Balaban J connectivity index is 1.42. The molecular weight excluding hydrogens is 499 g/mol. The number of carbonyl (C=O) groups excluding carboxylic acids is 1. The van der Waals surface area contributed by atoms with Crippen molar-refractivity contribution in [3.63, 3.8) is 0 Å². The Hall–Kier alpha value is -3.49. The molecule has 1 saturated carbocycles. The van der Waals surface area contributed by atoms with Crippen LogP contribution in [0.15, 0.2) is 24.3 Å². The molecule has 0 amide bonds. The highest BCUT2D eigenvalue weighted by atomic mass is 19.1. The molecule has 3 heterocycles. The van der Waals surface area contributed by atoms with Gasteiger partial charge in [-0.15, -0.1) is 0 Å². The smallest absolute Gasteiger partial charge is 0.303 e. The summed E-state index contributed by atoms with van der Waals surface area (Å²) < 4.78 is 20.4. The van der Waals surface area contributed by atoms with Gasteiger partial charge in [0.25, 0.3) is 0 Å². The van der Waals surface area contributed by atoms with Gasteiger partial charge in [-0.2, -0.15) is 0 Å². The van der Waals surface area contributed by atoms with Crippen LogP contribution in [0.25, 0.3) is 0 Å². The Morgan fingerprint density at radius 2 is 1.97 bits per heavy atom. The Labute approximate surface area is 228 Å². The van der Waals surface area contributed by atoms with E-state index in [4.69, 9.17) is 20.2 Å².